The van der Waals surface area contributed by atoms with Crippen LogP contribution in [-0.2, 0) is 26.2 Å². The third-order valence-corrected chi connectivity index (χ3v) is 6.20. The van der Waals surface area contributed by atoms with Crippen LogP contribution in [0, 0.1) is 0 Å². The number of nitrogens with one attached hydrogen (secondary N) is 3. The maximum absolute atomic E-state index is 12.3. The zero-order valence-electron chi connectivity index (χ0n) is 16.2. The first-order chi connectivity index (χ1) is 15.2. The fraction of sp³-hybridized carbons (Fsp3) is 0.0500. The number of halogens is 2. The van der Waals surface area contributed by atoms with E-state index in [0.29, 0.717) is 11.4 Å². The third kappa shape index (κ3) is 6.50. The van der Waals surface area contributed by atoms with Gasteiger partial charge in [-0.3, -0.25) is 9.59 Å². The predicted octanol–water partition coefficient (Wildman–Crippen LogP) is 3.26. The molecule has 3 rings (SSSR count). The highest BCUT2D eigenvalue weighted by atomic mass is 79.9. The Hall–Kier alpha value is -2.99. The molecule has 0 atom stereocenters. The lowest BCUT2D eigenvalue weighted by Gasteiger charge is -2.05. The molecule has 0 unspecified atom stereocenters. The average molecular weight is 540 g/mol. The molecule has 32 heavy (non-hydrogen) atoms. The molecule has 0 radical (unpaired) electrons. The Morgan fingerprint density at radius 2 is 1.75 bits per heavy atom. The summed E-state index contributed by atoms with van der Waals surface area (Å²) < 4.78 is 33.2. The molecule has 0 saturated carbocycles. The molecule has 0 aliphatic heterocycles. The Labute approximate surface area is 197 Å². The Morgan fingerprint density at radius 1 is 1.03 bits per heavy atom. The van der Waals surface area contributed by atoms with Crippen LogP contribution in [0.25, 0.3) is 0 Å². The number of hydrazone groups is 1. The van der Waals surface area contributed by atoms with E-state index in [2.05, 4.69) is 36.5 Å². The van der Waals surface area contributed by atoms with Crippen molar-refractivity contribution in [3.8, 4) is 0 Å². The van der Waals surface area contributed by atoms with E-state index >= 15 is 0 Å². The number of furan rings is 1. The van der Waals surface area contributed by atoms with Gasteiger partial charge in [0.25, 0.3) is 0 Å². The molecule has 0 spiro atoms. The summed E-state index contributed by atoms with van der Waals surface area (Å²) in [4.78, 5) is 23.8. The van der Waals surface area contributed by atoms with Gasteiger partial charge in [-0.25, -0.2) is 18.6 Å². The van der Waals surface area contributed by atoms with E-state index in [9.17, 15) is 18.0 Å². The molecule has 0 aliphatic rings. The molecular formula is C20H16BrClN4O5S. The van der Waals surface area contributed by atoms with Gasteiger partial charge in [0.15, 0.2) is 0 Å². The molecule has 0 fully saturated rings. The van der Waals surface area contributed by atoms with Gasteiger partial charge in [0.05, 0.1) is 28.4 Å². The minimum absolute atomic E-state index is 0.0845. The summed E-state index contributed by atoms with van der Waals surface area (Å²) in [6, 6.07) is 15.7. The van der Waals surface area contributed by atoms with Crippen LogP contribution in [0.4, 0.5) is 5.69 Å². The van der Waals surface area contributed by atoms with Gasteiger partial charge in [-0.1, -0.05) is 39.7 Å². The quantitative estimate of drug-likeness (QED) is 0.241. The number of nitrogens with zero attached hydrogens (tertiary/aromatic N) is 1. The fourth-order valence-electron chi connectivity index (χ4n) is 2.37. The highest BCUT2D eigenvalue weighted by Crippen LogP contribution is 2.20. The van der Waals surface area contributed by atoms with Crippen molar-refractivity contribution < 1.29 is 22.4 Å². The SMILES string of the molecule is O=C(N/N=C/c1ccc(CNS(=O)(=O)c2ccc(Br)cc2)o1)C(=O)Nc1ccccc1Cl. The van der Waals surface area contributed by atoms with E-state index < -0.39 is 21.8 Å². The number of anilines is 1. The van der Waals surface area contributed by atoms with E-state index in [1.165, 1.54) is 24.4 Å². The molecule has 0 aliphatic carbocycles. The van der Waals surface area contributed by atoms with E-state index in [0.717, 1.165) is 4.47 Å². The van der Waals surface area contributed by atoms with Gasteiger partial charge in [0, 0.05) is 4.47 Å². The fourth-order valence-corrected chi connectivity index (χ4v) is 3.81. The maximum atomic E-state index is 12.3. The Kier molecular flexibility index (Phi) is 7.80. The van der Waals surface area contributed by atoms with Crippen LogP contribution in [0.15, 0.2) is 79.6 Å². The summed E-state index contributed by atoms with van der Waals surface area (Å²) in [6.45, 7) is -0.0845. The van der Waals surface area contributed by atoms with Gasteiger partial charge < -0.3 is 9.73 Å². The van der Waals surface area contributed by atoms with Crippen LogP contribution in [0.1, 0.15) is 11.5 Å². The van der Waals surface area contributed by atoms with Crippen LogP contribution in [-0.4, -0.2) is 26.4 Å². The third-order valence-electron chi connectivity index (χ3n) is 3.93. The number of amides is 2. The van der Waals surface area contributed by atoms with Crippen molar-refractivity contribution in [1.29, 1.82) is 0 Å². The lowest BCUT2D eigenvalue weighted by atomic mass is 10.3. The van der Waals surface area contributed by atoms with Crippen molar-refractivity contribution in [2.45, 2.75) is 11.4 Å². The number of rotatable bonds is 7. The summed E-state index contributed by atoms with van der Waals surface area (Å²) in [7, 11) is -3.71. The van der Waals surface area contributed by atoms with Gasteiger partial charge in [-0.05, 0) is 48.5 Å². The average Bonchev–Trinajstić information content (AvgIpc) is 3.22. The molecule has 3 aromatic rings. The second-order valence-electron chi connectivity index (χ2n) is 6.22. The number of carbonyl (C=O) groups excluding carboxylic acids is 2. The van der Waals surface area contributed by atoms with E-state index in [1.54, 1.807) is 42.5 Å². The van der Waals surface area contributed by atoms with Crippen molar-refractivity contribution >= 4 is 61.3 Å². The first kappa shape index (κ1) is 23.7. The van der Waals surface area contributed by atoms with Crippen LogP contribution in [0.2, 0.25) is 5.02 Å². The number of hydrogen-bond acceptors (Lipinski definition) is 6. The molecular weight excluding hydrogens is 524 g/mol. The first-order valence-electron chi connectivity index (χ1n) is 8.97. The van der Waals surface area contributed by atoms with Crippen molar-refractivity contribution in [2.24, 2.45) is 5.10 Å². The van der Waals surface area contributed by atoms with Crippen LogP contribution >= 0.6 is 27.5 Å². The standard InChI is InChI=1S/C20H16BrClN4O5S/c21-13-5-9-16(10-6-13)32(29,30)24-12-15-8-7-14(31-15)11-23-26-20(28)19(27)25-18-4-2-1-3-17(18)22/h1-11,24H,12H2,(H,25,27)(H,26,28)/b23-11+. The summed E-state index contributed by atoms with van der Waals surface area (Å²) >= 11 is 9.17. The molecule has 12 heteroatoms. The van der Waals surface area contributed by atoms with Crippen molar-refractivity contribution in [3.63, 3.8) is 0 Å². The molecule has 3 N–H and O–H groups in total. The Bertz CT molecular complexity index is 1260. The Balaban J connectivity index is 1.51. The Morgan fingerprint density at radius 3 is 2.47 bits per heavy atom. The van der Waals surface area contributed by atoms with Crippen molar-refractivity contribution in [2.75, 3.05) is 5.32 Å². The number of para-hydroxylation sites is 1. The van der Waals surface area contributed by atoms with Gasteiger partial charge >= 0.3 is 11.8 Å². The van der Waals surface area contributed by atoms with Crippen molar-refractivity contribution in [3.05, 3.63) is 81.7 Å². The molecule has 0 bridgehead atoms. The molecule has 0 saturated heterocycles. The number of hydrogen-bond donors (Lipinski definition) is 3. The summed E-state index contributed by atoms with van der Waals surface area (Å²) in [5.74, 6) is -1.38. The smallest absolute Gasteiger partial charge is 0.329 e. The van der Waals surface area contributed by atoms with Gasteiger partial charge in [0.2, 0.25) is 10.0 Å². The van der Waals surface area contributed by atoms with E-state index in [-0.39, 0.29) is 22.2 Å². The summed E-state index contributed by atoms with van der Waals surface area (Å²) in [6.07, 6.45) is 1.17. The first-order valence-corrected chi connectivity index (χ1v) is 11.6. The number of benzene rings is 2. The lowest BCUT2D eigenvalue weighted by Crippen LogP contribution is -2.32. The summed E-state index contributed by atoms with van der Waals surface area (Å²) in [5, 5.41) is 6.30. The van der Waals surface area contributed by atoms with E-state index in [1.807, 2.05) is 0 Å². The highest BCUT2D eigenvalue weighted by molar-refractivity contribution is 9.10. The molecule has 2 aromatic carbocycles. The van der Waals surface area contributed by atoms with Crippen LogP contribution < -0.4 is 15.5 Å². The molecule has 1 heterocycles. The number of carbonyl (C=O) groups is 2. The second-order valence-corrected chi connectivity index (χ2v) is 9.31. The molecule has 166 valence electrons. The molecule has 9 nitrogen and oxygen atoms in total. The zero-order chi connectivity index (χ0) is 23.1. The lowest BCUT2D eigenvalue weighted by molar-refractivity contribution is -0.136. The minimum Gasteiger partial charge on any atom is -0.459 e. The van der Waals surface area contributed by atoms with Crippen LogP contribution in [0.3, 0.4) is 0 Å². The minimum atomic E-state index is -3.71. The van der Waals surface area contributed by atoms with Gasteiger partial charge in [0.1, 0.15) is 11.5 Å². The van der Waals surface area contributed by atoms with Gasteiger partial charge in [-0.15, -0.1) is 0 Å². The zero-order valence-corrected chi connectivity index (χ0v) is 19.4. The highest BCUT2D eigenvalue weighted by Gasteiger charge is 2.15. The predicted molar refractivity (Wildman–Crippen MR) is 123 cm³/mol. The van der Waals surface area contributed by atoms with Gasteiger partial charge in [-0.2, -0.15) is 5.10 Å². The van der Waals surface area contributed by atoms with Crippen LogP contribution in [0.5, 0.6) is 0 Å². The number of sulfonamides is 1. The van der Waals surface area contributed by atoms with Crippen molar-refractivity contribution in [1.82, 2.24) is 10.1 Å². The largest absolute Gasteiger partial charge is 0.459 e. The second kappa shape index (κ2) is 10.6. The molecule has 2 amide bonds. The summed E-state index contributed by atoms with van der Waals surface area (Å²) in [5.41, 5.74) is 2.35. The topological polar surface area (TPSA) is 130 Å². The molecule has 1 aromatic heterocycles. The maximum Gasteiger partial charge on any atom is 0.329 e. The van der Waals surface area contributed by atoms with E-state index in [4.69, 9.17) is 16.0 Å². The monoisotopic (exact) mass is 538 g/mol. The normalized spacial score (nSPS) is 11.4.